The Kier molecular flexibility index (Phi) is 42.1. The van der Waals surface area contributed by atoms with Crippen molar-refractivity contribution in [2.75, 3.05) is 6.61 Å². The normalized spacial score (nSPS) is 13.8. The Labute approximate surface area is 330 Å². The average molecular weight is 746 g/mol. The van der Waals surface area contributed by atoms with E-state index in [0.29, 0.717) is 6.42 Å². The topological polar surface area (TPSA) is 89.8 Å². The summed E-state index contributed by atoms with van der Waals surface area (Å²) in [5.41, 5.74) is 0. The average Bonchev–Trinajstić information content (AvgIpc) is 3.16. The third-order valence-electron chi connectivity index (χ3n) is 10.7. The van der Waals surface area contributed by atoms with Crippen LogP contribution in [0.4, 0.5) is 0 Å². The second-order valence-corrected chi connectivity index (χ2v) is 16.0. The van der Waals surface area contributed by atoms with Gasteiger partial charge in [0.2, 0.25) is 5.91 Å². The van der Waals surface area contributed by atoms with E-state index < -0.39 is 24.2 Å². The van der Waals surface area contributed by atoms with E-state index in [4.69, 9.17) is 0 Å². The van der Waals surface area contributed by atoms with Crippen LogP contribution in [0, 0.1) is 0 Å². The molecule has 312 valence electrons. The second kappa shape index (κ2) is 43.3. The Balaban J connectivity index is 3.64. The van der Waals surface area contributed by atoms with Gasteiger partial charge in [-0.2, -0.15) is 0 Å². The van der Waals surface area contributed by atoms with Crippen LogP contribution in [0.5, 0.6) is 0 Å². The molecular formula is C48H91NO4. The summed E-state index contributed by atoms with van der Waals surface area (Å²) in [5.74, 6) is -0.514. The van der Waals surface area contributed by atoms with Crippen LogP contribution in [-0.2, 0) is 4.79 Å². The monoisotopic (exact) mass is 746 g/mol. The molecule has 0 bridgehead atoms. The lowest BCUT2D eigenvalue weighted by atomic mass is 10.0. The lowest BCUT2D eigenvalue weighted by Crippen LogP contribution is -2.48. The van der Waals surface area contributed by atoms with E-state index in [-0.39, 0.29) is 6.61 Å². The van der Waals surface area contributed by atoms with Crippen LogP contribution in [0.25, 0.3) is 0 Å². The molecule has 1 amide bonds. The van der Waals surface area contributed by atoms with Gasteiger partial charge in [-0.1, -0.05) is 217 Å². The van der Waals surface area contributed by atoms with E-state index >= 15 is 0 Å². The minimum atomic E-state index is -1.11. The van der Waals surface area contributed by atoms with Crippen molar-refractivity contribution in [3.05, 3.63) is 36.5 Å². The van der Waals surface area contributed by atoms with Crippen molar-refractivity contribution >= 4 is 5.91 Å². The van der Waals surface area contributed by atoms with Crippen LogP contribution in [0.1, 0.15) is 239 Å². The molecule has 0 rings (SSSR count). The molecule has 0 heterocycles. The summed E-state index contributed by atoms with van der Waals surface area (Å²) in [6.45, 7) is 4.17. The Morgan fingerprint density at radius 1 is 0.453 bits per heavy atom. The Morgan fingerprint density at radius 3 is 1.15 bits per heavy atom. The number of hydrogen-bond acceptors (Lipinski definition) is 4. The fourth-order valence-corrected chi connectivity index (χ4v) is 7.02. The van der Waals surface area contributed by atoms with E-state index in [1.54, 1.807) is 6.08 Å². The van der Waals surface area contributed by atoms with Gasteiger partial charge in [-0.15, -0.1) is 0 Å². The number of allylic oxidation sites excluding steroid dienone is 5. The SMILES string of the molecule is CCCCCCCCCC/C=C/CC/C=C/C(O)C(CO)NC(=O)C(O)CCCCCCCCCCC/C=C\CCCCCCCCCCCCCC. The highest BCUT2D eigenvalue weighted by Gasteiger charge is 2.22. The summed E-state index contributed by atoms with van der Waals surface area (Å²) >= 11 is 0. The van der Waals surface area contributed by atoms with E-state index in [2.05, 4.69) is 43.5 Å². The highest BCUT2D eigenvalue weighted by molar-refractivity contribution is 5.80. The van der Waals surface area contributed by atoms with Gasteiger partial charge in [0.25, 0.3) is 0 Å². The molecule has 0 saturated heterocycles. The number of aliphatic hydroxyl groups excluding tert-OH is 3. The van der Waals surface area contributed by atoms with Gasteiger partial charge in [-0.3, -0.25) is 4.79 Å². The molecular weight excluding hydrogens is 655 g/mol. The highest BCUT2D eigenvalue weighted by atomic mass is 16.3. The molecule has 0 aliphatic carbocycles. The molecule has 0 spiro atoms. The molecule has 0 fully saturated rings. The van der Waals surface area contributed by atoms with E-state index in [0.717, 1.165) is 38.5 Å². The maximum absolute atomic E-state index is 12.5. The molecule has 53 heavy (non-hydrogen) atoms. The van der Waals surface area contributed by atoms with Gasteiger partial charge in [0.1, 0.15) is 6.10 Å². The van der Waals surface area contributed by atoms with Gasteiger partial charge in [0.05, 0.1) is 18.8 Å². The summed E-state index contributed by atoms with van der Waals surface area (Å²) in [6.07, 6.45) is 54.8. The zero-order valence-corrected chi connectivity index (χ0v) is 35.4. The summed E-state index contributed by atoms with van der Waals surface area (Å²) in [5, 5.41) is 33.1. The van der Waals surface area contributed by atoms with E-state index in [9.17, 15) is 20.1 Å². The third-order valence-corrected chi connectivity index (χ3v) is 10.7. The van der Waals surface area contributed by atoms with Crippen LogP contribution in [0.2, 0.25) is 0 Å². The Hall–Kier alpha value is -1.43. The summed E-state index contributed by atoms with van der Waals surface area (Å²) in [7, 11) is 0. The van der Waals surface area contributed by atoms with E-state index in [1.807, 2.05) is 6.08 Å². The third kappa shape index (κ3) is 38.6. The molecule has 0 aromatic heterocycles. The maximum Gasteiger partial charge on any atom is 0.249 e. The number of amides is 1. The first-order valence-electron chi connectivity index (χ1n) is 23.3. The predicted molar refractivity (Wildman–Crippen MR) is 231 cm³/mol. The van der Waals surface area contributed by atoms with Gasteiger partial charge in [0.15, 0.2) is 0 Å². The predicted octanol–water partition coefficient (Wildman–Crippen LogP) is 13.5. The lowest BCUT2D eigenvalue weighted by molar-refractivity contribution is -0.131. The van der Waals surface area contributed by atoms with Gasteiger partial charge in [0, 0.05) is 0 Å². The molecule has 0 saturated carbocycles. The number of rotatable bonds is 42. The lowest BCUT2D eigenvalue weighted by Gasteiger charge is -2.21. The molecule has 3 atom stereocenters. The zero-order chi connectivity index (χ0) is 38.7. The van der Waals surface area contributed by atoms with Gasteiger partial charge < -0.3 is 20.6 Å². The van der Waals surface area contributed by atoms with Crippen molar-refractivity contribution in [1.29, 1.82) is 0 Å². The molecule has 5 nitrogen and oxygen atoms in total. The molecule has 0 radical (unpaired) electrons. The summed E-state index contributed by atoms with van der Waals surface area (Å²) in [6, 6.07) is -0.814. The summed E-state index contributed by atoms with van der Waals surface area (Å²) in [4.78, 5) is 12.5. The van der Waals surface area contributed by atoms with Gasteiger partial charge >= 0.3 is 0 Å². The second-order valence-electron chi connectivity index (χ2n) is 16.0. The van der Waals surface area contributed by atoms with Crippen molar-refractivity contribution in [2.45, 2.75) is 257 Å². The van der Waals surface area contributed by atoms with Crippen LogP contribution in [-0.4, -0.2) is 46.1 Å². The molecule has 0 aliphatic rings. The summed E-state index contributed by atoms with van der Waals surface area (Å²) < 4.78 is 0. The number of nitrogens with one attached hydrogen (secondary N) is 1. The van der Waals surface area contributed by atoms with Crippen molar-refractivity contribution in [2.24, 2.45) is 0 Å². The Morgan fingerprint density at radius 2 is 0.774 bits per heavy atom. The maximum atomic E-state index is 12.5. The van der Waals surface area contributed by atoms with Crippen LogP contribution in [0.3, 0.4) is 0 Å². The quantitative estimate of drug-likeness (QED) is 0.0370. The molecule has 0 aliphatic heterocycles. The number of aliphatic hydroxyl groups is 3. The van der Waals surface area contributed by atoms with Crippen molar-refractivity contribution in [3.63, 3.8) is 0 Å². The number of carbonyl (C=O) groups is 1. The standard InChI is InChI=1S/C48H91NO4/c1-3-5-7-9-11-13-15-17-19-20-21-22-23-24-25-26-27-28-29-31-33-35-37-39-41-43-47(52)48(53)49-45(44-50)46(51)42-40-38-36-34-32-30-18-16-14-12-10-8-6-4-2/h24-25,32,34,40,42,45-47,50-52H,3-23,26-31,33,35-39,41,43-44H2,1-2H3,(H,49,53)/b25-24-,34-32+,42-40+. The molecule has 5 heteroatoms. The minimum absolute atomic E-state index is 0.376. The van der Waals surface area contributed by atoms with E-state index in [1.165, 1.54) is 180 Å². The first kappa shape index (κ1) is 51.6. The smallest absolute Gasteiger partial charge is 0.249 e. The van der Waals surface area contributed by atoms with Crippen molar-refractivity contribution in [1.82, 2.24) is 5.32 Å². The van der Waals surface area contributed by atoms with Gasteiger partial charge in [-0.05, 0) is 57.8 Å². The fourth-order valence-electron chi connectivity index (χ4n) is 7.02. The zero-order valence-electron chi connectivity index (χ0n) is 35.4. The van der Waals surface area contributed by atoms with Crippen LogP contribution >= 0.6 is 0 Å². The van der Waals surface area contributed by atoms with Crippen LogP contribution in [0.15, 0.2) is 36.5 Å². The van der Waals surface area contributed by atoms with Crippen molar-refractivity contribution < 1.29 is 20.1 Å². The van der Waals surface area contributed by atoms with Crippen molar-refractivity contribution in [3.8, 4) is 0 Å². The minimum Gasteiger partial charge on any atom is -0.394 e. The first-order valence-corrected chi connectivity index (χ1v) is 23.3. The molecule has 0 aromatic carbocycles. The highest BCUT2D eigenvalue weighted by Crippen LogP contribution is 2.15. The largest absolute Gasteiger partial charge is 0.394 e. The van der Waals surface area contributed by atoms with Crippen LogP contribution < -0.4 is 5.32 Å². The molecule has 4 N–H and O–H groups in total. The molecule has 0 aromatic rings. The molecule has 3 unspecified atom stereocenters. The number of unbranched alkanes of at least 4 members (excludes halogenated alkanes) is 30. The number of carbonyl (C=O) groups excluding carboxylic acids is 1. The number of hydrogen-bond donors (Lipinski definition) is 4. The Bertz CT molecular complexity index is 824. The first-order chi connectivity index (χ1) is 26.1. The van der Waals surface area contributed by atoms with Gasteiger partial charge in [-0.25, -0.2) is 0 Å². The fraction of sp³-hybridized carbons (Fsp3) is 0.854.